The number of hydrogen-bond acceptors (Lipinski definition) is 5. The largest absolute Gasteiger partial charge is 0.372 e. The summed E-state index contributed by atoms with van der Waals surface area (Å²) in [6.45, 7) is 7.14. The van der Waals surface area contributed by atoms with E-state index in [-0.39, 0.29) is 5.91 Å². The minimum Gasteiger partial charge on any atom is -0.372 e. The number of nitrogens with one attached hydrogen (secondary N) is 1. The Balaban J connectivity index is 1.55. The number of nitrogens with zero attached hydrogens (tertiary/aromatic N) is 5. The standard InChI is InChI=1S/C26H36N6O/c1-5-15-31(6-2)21-13-11-19(12-14-21)17-27-26-28-18-20-16-23(25(33)30(3)4)32(24(20)29-26)22-9-7-8-10-22/h11-14,16,18,22H,5-10,15,17H2,1-4H3,(H,27,28,29). The van der Waals surface area contributed by atoms with E-state index in [1.807, 2.05) is 12.3 Å². The van der Waals surface area contributed by atoms with Gasteiger partial charge in [-0.05, 0) is 49.9 Å². The third kappa shape index (κ3) is 4.97. The summed E-state index contributed by atoms with van der Waals surface area (Å²) in [6, 6.07) is 11.0. The van der Waals surface area contributed by atoms with Crippen molar-refractivity contribution in [2.45, 2.75) is 58.5 Å². The molecule has 1 aliphatic carbocycles. The summed E-state index contributed by atoms with van der Waals surface area (Å²) in [4.78, 5) is 26.2. The first-order valence-corrected chi connectivity index (χ1v) is 12.2. The Bertz CT molecular complexity index is 1080. The molecule has 2 aromatic heterocycles. The fraction of sp³-hybridized carbons (Fsp3) is 0.500. The lowest BCUT2D eigenvalue weighted by molar-refractivity contribution is 0.0815. The first kappa shape index (κ1) is 23.1. The van der Waals surface area contributed by atoms with Gasteiger partial charge in [-0.15, -0.1) is 0 Å². The summed E-state index contributed by atoms with van der Waals surface area (Å²) < 4.78 is 2.15. The van der Waals surface area contributed by atoms with E-state index in [4.69, 9.17) is 4.98 Å². The zero-order valence-electron chi connectivity index (χ0n) is 20.3. The molecule has 7 nitrogen and oxygen atoms in total. The van der Waals surface area contributed by atoms with Crippen LogP contribution in [0.1, 0.15) is 68.0 Å². The first-order valence-electron chi connectivity index (χ1n) is 12.2. The number of benzene rings is 1. The molecule has 2 heterocycles. The van der Waals surface area contributed by atoms with Gasteiger partial charge in [0.15, 0.2) is 0 Å². The summed E-state index contributed by atoms with van der Waals surface area (Å²) in [5, 5.41) is 4.29. The van der Waals surface area contributed by atoms with Crippen molar-refractivity contribution >= 4 is 28.6 Å². The van der Waals surface area contributed by atoms with E-state index in [2.05, 4.69) is 57.9 Å². The Kier molecular flexibility index (Phi) is 7.16. The third-order valence-corrected chi connectivity index (χ3v) is 6.52. The lowest BCUT2D eigenvalue weighted by Crippen LogP contribution is -2.25. The van der Waals surface area contributed by atoms with Gasteiger partial charge in [0, 0.05) is 57.0 Å². The molecule has 1 fully saturated rings. The first-order chi connectivity index (χ1) is 16.0. The summed E-state index contributed by atoms with van der Waals surface area (Å²) in [6.07, 6.45) is 7.53. The maximum atomic E-state index is 12.9. The second-order valence-electron chi connectivity index (χ2n) is 9.11. The van der Waals surface area contributed by atoms with Crippen LogP contribution in [0.5, 0.6) is 0 Å². The molecule has 0 saturated heterocycles. The molecule has 1 aromatic carbocycles. The molecule has 0 spiro atoms. The predicted molar refractivity (Wildman–Crippen MR) is 135 cm³/mol. The normalized spacial score (nSPS) is 14.1. The van der Waals surface area contributed by atoms with Gasteiger partial charge in [0.25, 0.3) is 5.91 Å². The topological polar surface area (TPSA) is 66.3 Å². The monoisotopic (exact) mass is 448 g/mol. The van der Waals surface area contributed by atoms with Crippen LogP contribution in [0, 0.1) is 0 Å². The summed E-state index contributed by atoms with van der Waals surface area (Å²) in [5.74, 6) is 0.604. The van der Waals surface area contributed by atoms with Gasteiger partial charge in [-0.3, -0.25) is 4.79 Å². The van der Waals surface area contributed by atoms with Crippen molar-refractivity contribution in [3.8, 4) is 0 Å². The average molecular weight is 449 g/mol. The highest BCUT2D eigenvalue weighted by molar-refractivity contribution is 5.97. The number of anilines is 2. The highest BCUT2D eigenvalue weighted by Crippen LogP contribution is 2.34. The van der Waals surface area contributed by atoms with E-state index in [9.17, 15) is 4.79 Å². The number of fused-ring (bicyclic) bond motifs is 1. The molecule has 0 atom stereocenters. The predicted octanol–water partition coefficient (Wildman–Crippen LogP) is 5.10. The molecule has 33 heavy (non-hydrogen) atoms. The molecule has 176 valence electrons. The summed E-state index contributed by atoms with van der Waals surface area (Å²) in [5.41, 5.74) is 3.99. The summed E-state index contributed by atoms with van der Waals surface area (Å²) in [7, 11) is 3.59. The van der Waals surface area contributed by atoms with Gasteiger partial charge in [-0.25, -0.2) is 4.98 Å². The lowest BCUT2D eigenvalue weighted by atomic mass is 10.2. The summed E-state index contributed by atoms with van der Waals surface area (Å²) >= 11 is 0. The zero-order chi connectivity index (χ0) is 23.4. The second-order valence-corrected chi connectivity index (χ2v) is 9.11. The number of amides is 1. The number of hydrogen-bond donors (Lipinski definition) is 1. The van der Waals surface area contributed by atoms with E-state index in [0.717, 1.165) is 43.4 Å². The van der Waals surface area contributed by atoms with Crippen LogP contribution in [-0.2, 0) is 6.54 Å². The SMILES string of the molecule is CCCN(CC)c1ccc(CNc2ncc3cc(C(=O)N(C)C)n(C4CCCC4)c3n2)cc1. The van der Waals surface area contributed by atoms with Crippen LogP contribution in [0.4, 0.5) is 11.6 Å². The molecular formula is C26H36N6O. The molecule has 0 bridgehead atoms. The molecular weight excluding hydrogens is 412 g/mol. The molecule has 0 radical (unpaired) electrons. The smallest absolute Gasteiger partial charge is 0.270 e. The Hall–Kier alpha value is -3.09. The van der Waals surface area contributed by atoms with Gasteiger partial charge in [-0.2, -0.15) is 4.98 Å². The van der Waals surface area contributed by atoms with Crippen LogP contribution < -0.4 is 10.2 Å². The van der Waals surface area contributed by atoms with Crippen LogP contribution in [0.3, 0.4) is 0 Å². The fourth-order valence-electron chi connectivity index (χ4n) is 4.76. The van der Waals surface area contributed by atoms with Crippen molar-refractivity contribution in [1.29, 1.82) is 0 Å². The maximum absolute atomic E-state index is 12.9. The quantitative estimate of drug-likeness (QED) is 0.493. The van der Waals surface area contributed by atoms with Gasteiger partial charge in [0.2, 0.25) is 5.95 Å². The molecule has 1 saturated carbocycles. The molecule has 3 aromatic rings. The lowest BCUT2D eigenvalue weighted by Gasteiger charge is -2.22. The van der Waals surface area contributed by atoms with Crippen molar-refractivity contribution in [3.63, 3.8) is 0 Å². The van der Waals surface area contributed by atoms with Crippen LogP contribution in [-0.4, -0.2) is 52.5 Å². The number of carbonyl (C=O) groups excluding carboxylic acids is 1. The van der Waals surface area contributed by atoms with Gasteiger partial charge < -0.3 is 19.7 Å². The van der Waals surface area contributed by atoms with Crippen molar-refractivity contribution in [1.82, 2.24) is 19.4 Å². The van der Waals surface area contributed by atoms with Crippen LogP contribution in [0.15, 0.2) is 36.5 Å². The molecule has 1 amide bonds. The van der Waals surface area contributed by atoms with E-state index in [1.165, 1.54) is 24.1 Å². The van der Waals surface area contributed by atoms with Crippen LogP contribution in [0.2, 0.25) is 0 Å². The Morgan fingerprint density at radius 3 is 2.52 bits per heavy atom. The van der Waals surface area contributed by atoms with Gasteiger partial charge >= 0.3 is 0 Å². The third-order valence-electron chi connectivity index (χ3n) is 6.52. The zero-order valence-corrected chi connectivity index (χ0v) is 20.3. The Morgan fingerprint density at radius 1 is 1.15 bits per heavy atom. The van der Waals surface area contributed by atoms with E-state index in [1.54, 1.807) is 19.0 Å². The highest BCUT2D eigenvalue weighted by atomic mass is 16.2. The van der Waals surface area contributed by atoms with Gasteiger partial charge in [0.1, 0.15) is 11.3 Å². The highest BCUT2D eigenvalue weighted by Gasteiger charge is 2.26. The van der Waals surface area contributed by atoms with Crippen LogP contribution >= 0.6 is 0 Å². The number of aromatic nitrogens is 3. The van der Waals surface area contributed by atoms with Crippen molar-refractivity contribution in [3.05, 3.63) is 47.8 Å². The number of rotatable bonds is 9. The Labute approximate surface area is 196 Å². The molecule has 0 aliphatic heterocycles. The molecule has 4 rings (SSSR count). The van der Waals surface area contributed by atoms with Crippen LogP contribution in [0.25, 0.3) is 11.0 Å². The van der Waals surface area contributed by atoms with Crippen molar-refractivity contribution < 1.29 is 4.79 Å². The van der Waals surface area contributed by atoms with E-state index >= 15 is 0 Å². The van der Waals surface area contributed by atoms with E-state index in [0.29, 0.717) is 24.2 Å². The minimum absolute atomic E-state index is 0.0127. The number of carbonyl (C=O) groups is 1. The molecule has 7 heteroatoms. The van der Waals surface area contributed by atoms with Gasteiger partial charge in [-0.1, -0.05) is 31.9 Å². The van der Waals surface area contributed by atoms with Gasteiger partial charge in [0.05, 0.1) is 0 Å². The fourth-order valence-corrected chi connectivity index (χ4v) is 4.76. The second kappa shape index (κ2) is 10.2. The van der Waals surface area contributed by atoms with Crippen molar-refractivity contribution in [2.75, 3.05) is 37.4 Å². The molecule has 1 N–H and O–H groups in total. The maximum Gasteiger partial charge on any atom is 0.270 e. The molecule has 0 unspecified atom stereocenters. The average Bonchev–Trinajstić information content (AvgIpc) is 3.48. The Morgan fingerprint density at radius 2 is 1.88 bits per heavy atom. The minimum atomic E-state index is 0.0127. The molecule has 1 aliphatic rings. The van der Waals surface area contributed by atoms with E-state index < -0.39 is 0 Å². The van der Waals surface area contributed by atoms with Crippen molar-refractivity contribution in [2.24, 2.45) is 0 Å².